The Hall–Kier alpha value is -0.540. The van der Waals surface area contributed by atoms with E-state index in [0.717, 1.165) is 36.4 Å². The molecule has 0 aromatic heterocycles. The summed E-state index contributed by atoms with van der Waals surface area (Å²) in [5.74, 6) is 3.25. The van der Waals surface area contributed by atoms with E-state index in [-0.39, 0.29) is 5.82 Å². The van der Waals surface area contributed by atoms with E-state index in [1.807, 2.05) is 6.92 Å². The van der Waals surface area contributed by atoms with E-state index in [4.69, 9.17) is 0 Å². The molecular formula is C17H26FNS. The molecule has 1 nitrogen and oxygen atoms in total. The van der Waals surface area contributed by atoms with Crippen molar-refractivity contribution in [1.82, 2.24) is 5.32 Å². The largest absolute Gasteiger partial charge is 0.310 e. The molecule has 0 saturated carbocycles. The van der Waals surface area contributed by atoms with Gasteiger partial charge in [-0.1, -0.05) is 13.0 Å². The maximum absolute atomic E-state index is 13.7. The van der Waals surface area contributed by atoms with Gasteiger partial charge in [0.05, 0.1) is 0 Å². The second-order valence-electron chi connectivity index (χ2n) is 5.86. The van der Waals surface area contributed by atoms with Crippen molar-refractivity contribution in [3.05, 3.63) is 35.1 Å². The van der Waals surface area contributed by atoms with Gasteiger partial charge in [0.15, 0.2) is 0 Å². The van der Waals surface area contributed by atoms with Gasteiger partial charge in [-0.3, -0.25) is 0 Å². The van der Waals surface area contributed by atoms with E-state index < -0.39 is 0 Å². The number of rotatable bonds is 6. The molecule has 0 amide bonds. The molecule has 0 bridgehead atoms. The summed E-state index contributed by atoms with van der Waals surface area (Å²) in [4.78, 5) is 0. The van der Waals surface area contributed by atoms with Gasteiger partial charge < -0.3 is 5.32 Å². The van der Waals surface area contributed by atoms with Crippen LogP contribution >= 0.6 is 11.8 Å². The first-order chi connectivity index (χ1) is 9.69. The number of nitrogens with one attached hydrogen (secondary N) is 1. The summed E-state index contributed by atoms with van der Waals surface area (Å²) in [6.45, 7) is 5.15. The van der Waals surface area contributed by atoms with Gasteiger partial charge in [0.25, 0.3) is 0 Å². The third-order valence-corrected chi connectivity index (χ3v) is 5.07. The van der Waals surface area contributed by atoms with E-state index in [9.17, 15) is 4.39 Å². The summed E-state index contributed by atoms with van der Waals surface area (Å²) >= 11 is 2.06. The minimum absolute atomic E-state index is 0.109. The highest BCUT2D eigenvalue weighted by atomic mass is 32.2. The van der Waals surface area contributed by atoms with Crippen molar-refractivity contribution in [2.45, 2.75) is 45.6 Å². The van der Waals surface area contributed by atoms with Gasteiger partial charge in [-0.05, 0) is 79.8 Å². The zero-order valence-corrected chi connectivity index (χ0v) is 13.4. The fourth-order valence-electron chi connectivity index (χ4n) is 2.94. The number of hydrogen-bond acceptors (Lipinski definition) is 2. The molecule has 20 heavy (non-hydrogen) atoms. The van der Waals surface area contributed by atoms with E-state index in [1.54, 1.807) is 12.1 Å². The standard InChI is InChI=1S/C17H26FNS/c1-3-6-19-17(11-14-4-7-20-8-5-14)15-9-13(2)10-16(18)12-15/h9-10,12,14,17,19H,3-8,11H2,1-2H3. The van der Waals surface area contributed by atoms with E-state index in [2.05, 4.69) is 30.1 Å². The van der Waals surface area contributed by atoms with Gasteiger partial charge in [0.2, 0.25) is 0 Å². The van der Waals surface area contributed by atoms with Crippen LogP contribution in [-0.4, -0.2) is 18.1 Å². The van der Waals surface area contributed by atoms with Gasteiger partial charge in [0.1, 0.15) is 5.82 Å². The molecule has 1 fully saturated rings. The summed E-state index contributed by atoms with van der Waals surface area (Å²) < 4.78 is 13.7. The lowest BCUT2D eigenvalue weighted by molar-refractivity contribution is 0.369. The minimum atomic E-state index is -0.109. The average molecular weight is 295 g/mol. The van der Waals surface area contributed by atoms with Gasteiger partial charge in [0, 0.05) is 6.04 Å². The predicted molar refractivity (Wildman–Crippen MR) is 86.8 cm³/mol. The summed E-state index contributed by atoms with van der Waals surface area (Å²) in [5, 5.41) is 3.61. The van der Waals surface area contributed by atoms with Crippen LogP contribution in [0.15, 0.2) is 18.2 Å². The van der Waals surface area contributed by atoms with Crippen LogP contribution in [0.2, 0.25) is 0 Å². The van der Waals surface area contributed by atoms with Crippen molar-refractivity contribution in [3.8, 4) is 0 Å². The molecule has 1 aliphatic heterocycles. The zero-order chi connectivity index (χ0) is 14.4. The molecule has 2 rings (SSSR count). The number of thioether (sulfide) groups is 1. The molecule has 3 heteroatoms. The maximum Gasteiger partial charge on any atom is 0.123 e. The summed E-state index contributed by atoms with van der Waals surface area (Å²) in [7, 11) is 0. The van der Waals surface area contributed by atoms with Crippen molar-refractivity contribution >= 4 is 11.8 Å². The number of aryl methyl sites for hydroxylation is 1. The van der Waals surface area contributed by atoms with E-state index >= 15 is 0 Å². The normalized spacial score (nSPS) is 18.1. The molecule has 1 heterocycles. The highest BCUT2D eigenvalue weighted by molar-refractivity contribution is 7.99. The fraction of sp³-hybridized carbons (Fsp3) is 0.647. The molecule has 0 spiro atoms. The molecule has 0 radical (unpaired) electrons. The van der Waals surface area contributed by atoms with Crippen LogP contribution in [0.3, 0.4) is 0 Å². The Morgan fingerprint density at radius 3 is 2.70 bits per heavy atom. The van der Waals surface area contributed by atoms with Crippen LogP contribution in [0.25, 0.3) is 0 Å². The highest BCUT2D eigenvalue weighted by Gasteiger charge is 2.20. The summed E-state index contributed by atoms with van der Waals surface area (Å²) in [5.41, 5.74) is 2.14. The molecule has 1 aromatic carbocycles. The number of hydrogen-bond donors (Lipinski definition) is 1. The van der Waals surface area contributed by atoms with E-state index in [0.29, 0.717) is 6.04 Å². The molecule has 0 aliphatic carbocycles. The number of halogens is 1. The monoisotopic (exact) mass is 295 g/mol. The van der Waals surface area contributed by atoms with Gasteiger partial charge in [-0.15, -0.1) is 0 Å². The topological polar surface area (TPSA) is 12.0 Å². The van der Waals surface area contributed by atoms with Crippen LogP contribution in [0.4, 0.5) is 4.39 Å². The van der Waals surface area contributed by atoms with Crippen LogP contribution in [0, 0.1) is 18.7 Å². The zero-order valence-electron chi connectivity index (χ0n) is 12.6. The van der Waals surface area contributed by atoms with Crippen molar-refractivity contribution in [2.75, 3.05) is 18.1 Å². The SMILES string of the molecule is CCCNC(CC1CCSCC1)c1cc(C)cc(F)c1. The van der Waals surface area contributed by atoms with Gasteiger partial charge in [-0.25, -0.2) is 4.39 Å². The second kappa shape index (κ2) is 8.04. The predicted octanol–water partition coefficient (Wildman–Crippen LogP) is 4.71. The van der Waals surface area contributed by atoms with Crippen molar-refractivity contribution in [2.24, 2.45) is 5.92 Å². The average Bonchev–Trinajstić information content (AvgIpc) is 2.43. The third-order valence-electron chi connectivity index (χ3n) is 4.02. The van der Waals surface area contributed by atoms with Gasteiger partial charge in [-0.2, -0.15) is 11.8 Å². The Morgan fingerprint density at radius 1 is 1.30 bits per heavy atom. The Morgan fingerprint density at radius 2 is 2.05 bits per heavy atom. The Kier molecular flexibility index (Phi) is 6.37. The Bertz CT molecular complexity index is 395. The molecule has 1 saturated heterocycles. The fourth-order valence-corrected chi connectivity index (χ4v) is 4.14. The lowest BCUT2D eigenvalue weighted by atomic mass is 9.90. The first kappa shape index (κ1) is 15.8. The quantitative estimate of drug-likeness (QED) is 0.816. The second-order valence-corrected chi connectivity index (χ2v) is 7.08. The molecule has 1 atom stereocenters. The highest BCUT2D eigenvalue weighted by Crippen LogP contribution is 2.31. The van der Waals surface area contributed by atoms with E-state index in [1.165, 1.54) is 24.3 Å². The first-order valence-electron chi connectivity index (χ1n) is 7.77. The lowest BCUT2D eigenvalue weighted by Gasteiger charge is -2.27. The van der Waals surface area contributed by atoms with Crippen LogP contribution in [0.5, 0.6) is 0 Å². The van der Waals surface area contributed by atoms with Crippen molar-refractivity contribution < 1.29 is 4.39 Å². The summed E-state index contributed by atoms with van der Waals surface area (Å²) in [6, 6.07) is 5.75. The molecule has 1 N–H and O–H groups in total. The minimum Gasteiger partial charge on any atom is -0.310 e. The molecule has 1 aliphatic rings. The van der Waals surface area contributed by atoms with Crippen LogP contribution < -0.4 is 5.32 Å². The number of benzene rings is 1. The molecule has 112 valence electrons. The van der Waals surface area contributed by atoms with Crippen molar-refractivity contribution in [3.63, 3.8) is 0 Å². The summed E-state index contributed by atoms with van der Waals surface area (Å²) in [6.07, 6.45) is 4.88. The maximum atomic E-state index is 13.7. The lowest BCUT2D eigenvalue weighted by Crippen LogP contribution is -2.26. The van der Waals surface area contributed by atoms with Crippen LogP contribution in [-0.2, 0) is 0 Å². The molecule has 1 unspecified atom stereocenters. The Labute approximate surface area is 126 Å². The third kappa shape index (κ3) is 4.78. The smallest absolute Gasteiger partial charge is 0.123 e. The molecule has 1 aromatic rings. The van der Waals surface area contributed by atoms with Crippen molar-refractivity contribution in [1.29, 1.82) is 0 Å². The molecular weight excluding hydrogens is 269 g/mol. The Balaban J connectivity index is 2.08. The van der Waals surface area contributed by atoms with Gasteiger partial charge >= 0.3 is 0 Å². The van der Waals surface area contributed by atoms with Crippen LogP contribution in [0.1, 0.15) is 49.8 Å². The first-order valence-corrected chi connectivity index (χ1v) is 8.92.